The van der Waals surface area contributed by atoms with Crippen LogP contribution in [0.3, 0.4) is 0 Å². The zero-order chi connectivity index (χ0) is 20.6. The van der Waals surface area contributed by atoms with Crippen LogP contribution in [0.2, 0.25) is 0 Å². The van der Waals surface area contributed by atoms with Crippen molar-refractivity contribution in [3.8, 4) is 6.01 Å². The lowest BCUT2D eigenvalue weighted by atomic mass is 9.96. The van der Waals surface area contributed by atoms with Gasteiger partial charge < -0.3 is 24.3 Å². The first-order chi connectivity index (χ1) is 13.2. The Balaban J connectivity index is 2.11. The molecule has 0 bridgehead atoms. The Morgan fingerprint density at radius 2 is 1.86 bits per heavy atom. The van der Waals surface area contributed by atoms with Crippen molar-refractivity contribution in [1.82, 2.24) is 9.97 Å². The summed E-state index contributed by atoms with van der Waals surface area (Å²) < 4.78 is 21.2. The Hall–Kier alpha value is -3.15. The van der Waals surface area contributed by atoms with Crippen molar-refractivity contribution in [2.24, 2.45) is 0 Å². The third-order valence-electron chi connectivity index (χ3n) is 4.30. The Bertz CT molecular complexity index is 869. The molecular formula is C16H20N4O8. The van der Waals surface area contributed by atoms with Crippen LogP contribution in [0.1, 0.15) is 20.8 Å². The second-order valence-corrected chi connectivity index (χ2v) is 6.27. The molecule has 152 valence electrons. The van der Waals surface area contributed by atoms with Gasteiger partial charge in [0.05, 0.1) is 13.7 Å². The molecule has 1 aromatic heterocycles. The van der Waals surface area contributed by atoms with Gasteiger partial charge in [-0.1, -0.05) is 0 Å². The van der Waals surface area contributed by atoms with Crippen molar-refractivity contribution < 1.29 is 33.3 Å². The monoisotopic (exact) mass is 396 g/mol. The molecule has 1 fully saturated rings. The van der Waals surface area contributed by atoms with Gasteiger partial charge in [-0.3, -0.25) is 29.1 Å². The molecule has 1 aromatic rings. The number of H-pyrrole nitrogens is 1. The molecule has 3 heterocycles. The minimum absolute atomic E-state index is 0.0525. The molecule has 0 spiro atoms. The van der Waals surface area contributed by atoms with Gasteiger partial charge in [0.2, 0.25) is 5.91 Å². The van der Waals surface area contributed by atoms with Crippen LogP contribution in [0.25, 0.3) is 0 Å². The van der Waals surface area contributed by atoms with E-state index in [9.17, 15) is 19.2 Å². The highest BCUT2D eigenvalue weighted by molar-refractivity contribution is 5.96. The number of hydrogen-bond donors (Lipinski definition) is 2. The lowest BCUT2D eigenvalue weighted by Crippen LogP contribution is -2.68. The summed E-state index contributed by atoms with van der Waals surface area (Å²) >= 11 is 0. The maximum Gasteiger partial charge on any atom is 0.303 e. The summed E-state index contributed by atoms with van der Waals surface area (Å²) in [6, 6.07) is -1.02. The van der Waals surface area contributed by atoms with Crippen molar-refractivity contribution in [3.05, 3.63) is 10.4 Å². The average Bonchev–Trinajstić information content (AvgIpc) is 2.60. The molecule has 0 aliphatic carbocycles. The van der Waals surface area contributed by atoms with Crippen molar-refractivity contribution in [3.63, 3.8) is 0 Å². The summed E-state index contributed by atoms with van der Waals surface area (Å²) in [6.07, 6.45) is -2.89. The molecule has 1 saturated heterocycles. The van der Waals surface area contributed by atoms with E-state index in [2.05, 4.69) is 15.3 Å². The molecule has 2 aliphatic heterocycles. The number of hydrogen-bond acceptors (Lipinski definition) is 10. The second kappa shape index (κ2) is 7.46. The number of amides is 1. The zero-order valence-electron chi connectivity index (χ0n) is 15.7. The molecule has 0 unspecified atom stereocenters. The number of ether oxygens (including phenoxy) is 4. The smallest absolute Gasteiger partial charge is 0.303 e. The minimum atomic E-state index is -1.06. The topological polar surface area (TPSA) is 149 Å². The van der Waals surface area contributed by atoms with E-state index in [4.69, 9.17) is 18.9 Å². The lowest BCUT2D eigenvalue weighted by molar-refractivity contribution is -0.190. The Morgan fingerprint density at radius 3 is 2.43 bits per heavy atom. The molecule has 3 rings (SSSR count). The van der Waals surface area contributed by atoms with Crippen LogP contribution in [0.5, 0.6) is 6.01 Å². The number of carbonyl (C=O) groups is 3. The molecule has 28 heavy (non-hydrogen) atoms. The summed E-state index contributed by atoms with van der Waals surface area (Å²) in [5, 5.41) is 2.92. The van der Waals surface area contributed by atoms with Crippen LogP contribution in [0.15, 0.2) is 4.79 Å². The van der Waals surface area contributed by atoms with E-state index in [0.29, 0.717) is 0 Å². The number of anilines is 2. The predicted molar refractivity (Wildman–Crippen MR) is 92.8 cm³/mol. The number of esters is 2. The Kier molecular flexibility index (Phi) is 5.23. The first-order valence-electron chi connectivity index (χ1n) is 8.43. The fraction of sp³-hybridized carbons (Fsp3) is 0.562. The highest BCUT2D eigenvalue weighted by Crippen LogP contribution is 2.36. The normalized spacial score (nSPS) is 25.6. The number of aromatic nitrogens is 2. The number of fused-ring (bicyclic) bond motifs is 2. The number of nitrogens with zero attached hydrogens (tertiary/aromatic N) is 2. The number of nitrogens with one attached hydrogen (secondary N) is 2. The third kappa shape index (κ3) is 3.50. The van der Waals surface area contributed by atoms with Gasteiger partial charge in [0.1, 0.15) is 6.04 Å². The first kappa shape index (κ1) is 19.6. The van der Waals surface area contributed by atoms with E-state index in [1.54, 1.807) is 0 Å². The third-order valence-corrected chi connectivity index (χ3v) is 4.30. The van der Waals surface area contributed by atoms with E-state index in [1.807, 2.05) is 0 Å². The van der Waals surface area contributed by atoms with E-state index >= 15 is 0 Å². The zero-order valence-corrected chi connectivity index (χ0v) is 15.7. The fourth-order valence-electron chi connectivity index (χ4n) is 3.36. The van der Waals surface area contributed by atoms with Gasteiger partial charge in [0.15, 0.2) is 29.9 Å². The van der Waals surface area contributed by atoms with Crippen LogP contribution < -0.4 is 20.5 Å². The van der Waals surface area contributed by atoms with E-state index < -0.39 is 47.9 Å². The molecule has 1 amide bonds. The molecule has 12 nitrogen and oxygen atoms in total. The molecule has 4 atom stereocenters. The van der Waals surface area contributed by atoms with Gasteiger partial charge in [-0.15, -0.1) is 0 Å². The summed E-state index contributed by atoms with van der Waals surface area (Å²) in [5.41, 5.74) is -0.724. The maximum absolute atomic E-state index is 12.6. The molecule has 0 aromatic carbocycles. The molecule has 0 saturated carbocycles. The summed E-state index contributed by atoms with van der Waals surface area (Å²) in [5.74, 6) is -1.69. The van der Waals surface area contributed by atoms with E-state index in [1.165, 1.54) is 27.9 Å². The Morgan fingerprint density at radius 1 is 1.18 bits per heavy atom. The van der Waals surface area contributed by atoms with Crippen LogP contribution in [-0.4, -0.2) is 66.0 Å². The van der Waals surface area contributed by atoms with Crippen LogP contribution in [0.4, 0.5) is 11.5 Å². The van der Waals surface area contributed by atoms with E-state index in [-0.39, 0.29) is 24.1 Å². The predicted octanol–water partition coefficient (Wildman–Crippen LogP) is -0.855. The van der Waals surface area contributed by atoms with Gasteiger partial charge in [0, 0.05) is 20.8 Å². The molecule has 2 aliphatic rings. The Labute approximate surface area is 159 Å². The molecule has 2 N–H and O–H groups in total. The quantitative estimate of drug-likeness (QED) is 0.618. The van der Waals surface area contributed by atoms with Crippen molar-refractivity contribution in [2.75, 3.05) is 23.9 Å². The maximum atomic E-state index is 12.6. The van der Waals surface area contributed by atoms with Crippen LogP contribution >= 0.6 is 0 Å². The van der Waals surface area contributed by atoms with Gasteiger partial charge in [-0.25, -0.2) is 0 Å². The highest BCUT2D eigenvalue weighted by Gasteiger charge is 2.52. The number of methoxy groups -OCH3 is 1. The fourth-order valence-corrected chi connectivity index (χ4v) is 3.36. The first-order valence-corrected chi connectivity index (χ1v) is 8.43. The van der Waals surface area contributed by atoms with Gasteiger partial charge in [0.25, 0.3) is 11.6 Å². The lowest BCUT2D eigenvalue weighted by Gasteiger charge is -2.48. The number of aromatic amines is 1. The largest absolute Gasteiger partial charge is 0.468 e. The van der Waals surface area contributed by atoms with Gasteiger partial charge >= 0.3 is 11.9 Å². The summed E-state index contributed by atoms with van der Waals surface area (Å²) in [6.45, 7) is 3.55. The van der Waals surface area contributed by atoms with Crippen molar-refractivity contribution in [2.45, 2.75) is 45.2 Å². The van der Waals surface area contributed by atoms with Crippen molar-refractivity contribution >= 4 is 29.4 Å². The van der Waals surface area contributed by atoms with Crippen LogP contribution in [-0.2, 0) is 28.6 Å². The summed E-state index contributed by atoms with van der Waals surface area (Å²) in [7, 11) is 1.33. The van der Waals surface area contributed by atoms with E-state index in [0.717, 1.165) is 4.90 Å². The SMILES string of the molecule is COc1nc2c(c(=O)[nH]1)N(C(C)=O)[C@H]1[C@@H](OC(C)=O)[C@@H](OC(C)=O)CO[C@H]1N2. The molecule has 0 radical (unpaired) electrons. The standard InChI is InChI=1S/C16H20N4O8/c1-6(21)20-10-12(28-8(3)23)9(27-7(2)22)5-26-15(10)17-13-11(20)14(24)19-16(18-13)25-4/h9-10,12,15H,5H2,1-4H3,(H2,17,18,19,24)/t9-,10-,12-,15+/m0/s1. The number of carbonyl (C=O) groups excluding carboxylic acids is 3. The van der Waals surface area contributed by atoms with Gasteiger partial charge in [-0.2, -0.15) is 4.98 Å². The average molecular weight is 396 g/mol. The summed E-state index contributed by atoms with van der Waals surface area (Å²) in [4.78, 5) is 55.8. The molecule has 12 heteroatoms. The second-order valence-electron chi connectivity index (χ2n) is 6.27. The number of rotatable bonds is 3. The van der Waals surface area contributed by atoms with Gasteiger partial charge in [-0.05, 0) is 0 Å². The minimum Gasteiger partial charge on any atom is -0.468 e. The molecular weight excluding hydrogens is 376 g/mol. The van der Waals surface area contributed by atoms with Crippen molar-refractivity contribution in [1.29, 1.82) is 0 Å². The highest BCUT2D eigenvalue weighted by atomic mass is 16.6. The van der Waals surface area contributed by atoms with Crippen LogP contribution in [0, 0.1) is 0 Å².